The Labute approximate surface area is 242 Å². The largest absolute Gasteiger partial charge is 0.497 e. The summed E-state index contributed by atoms with van der Waals surface area (Å²) < 4.78 is 26.1. The first-order valence-electron chi connectivity index (χ1n) is 13.3. The van der Waals surface area contributed by atoms with Crippen molar-refractivity contribution in [1.82, 2.24) is 15.1 Å². The van der Waals surface area contributed by atoms with Crippen LogP contribution in [0.5, 0.6) is 5.75 Å². The van der Waals surface area contributed by atoms with E-state index in [4.69, 9.17) is 14.6 Å². The number of aromatic nitrogens is 2. The average molecular weight is 575 g/mol. The molecular formula is C31H31FN4O4S. The lowest BCUT2D eigenvalue weighted by Gasteiger charge is -2.23. The van der Waals surface area contributed by atoms with Crippen molar-refractivity contribution in [3.8, 4) is 22.7 Å². The number of halogens is 1. The maximum Gasteiger partial charge on any atom is 0.240 e. The number of fused-ring (bicyclic) bond motifs is 1. The van der Waals surface area contributed by atoms with Crippen LogP contribution in [0.4, 0.5) is 10.2 Å². The summed E-state index contributed by atoms with van der Waals surface area (Å²) in [5, 5.41) is 7.60. The molecule has 3 aromatic carbocycles. The molecule has 0 radical (unpaired) electrons. The van der Waals surface area contributed by atoms with Crippen molar-refractivity contribution in [2.45, 2.75) is 11.7 Å². The zero-order chi connectivity index (χ0) is 28.8. The number of carbonyl (C=O) groups is 2. The fourth-order valence-electron chi connectivity index (χ4n) is 4.78. The Hall–Kier alpha value is -4.15. The third-order valence-corrected chi connectivity index (χ3v) is 8.03. The monoisotopic (exact) mass is 574 g/mol. The van der Waals surface area contributed by atoms with Crippen LogP contribution in [0.2, 0.25) is 0 Å². The van der Waals surface area contributed by atoms with E-state index in [0.717, 1.165) is 16.7 Å². The summed E-state index contributed by atoms with van der Waals surface area (Å²) >= 11 is 1.44. The Kier molecular flexibility index (Phi) is 9.01. The highest BCUT2D eigenvalue weighted by atomic mass is 32.2. The number of nitrogens with zero attached hydrogens (tertiary/aromatic N) is 3. The SMILES string of the molecule is COCCCNC(=O)CN1C(=O)CS[C@H](c2ccc(F)cc2)c2c(-c3ccccc3)nn(-c3ccc(OC)cc3)c21. The Morgan fingerprint density at radius 2 is 1.78 bits per heavy atom. The number of hydrogen-bond donors (Lipinski definition) is 1. The molecule has 1 N–H and O–H groups in total. The van der Waals surface area contributed by atoms with E-state index in [1.165, 1.54) is 28.8 Å². The van der Waals surface area contributed by atoms with E-state index >= 15 is 0 Å². The number of benzene rings is 3. The van der Waals surface area contributed by atoms with Gasteiger partial charge in [-0.1, -0.05) is 42.5 Å². The number of hydrogen-bond acceptors (Lipinski definition) is 6. The van der Waals surface area contributed by atoms with Gasteiger partial charge in [0.25, 0.3) is 0 Å². The van der Waals surface area contributed by atoms with E-state index in [-0.39, 0.29) is 35.2 Å². The Balaban J connectivity index is 1.70. The average Bonchev–Trinajstić information content (AvgIpc) is 3.33. The minimum absolute atomic E-state index is 0.129. The molecule has 0 fully saturated rings. The number of methoxy groups -OCH3 is 2. The first-order valence-corrected chi connectivity index (χ1v) is 14.3. The molecule has 2 amide bonds. The zero-order valence-corrected chi connectivity index (χ0v) is 23.7. The van der Waals surface area contributed by atoms with Gasteiger partial charge in [0.2, 0.25) is 11.8 Å². The van der Waals surface area contributed by atoms with Gasteiger partial charge in [0.05, 0.1) is 29.5 Å². The lowest BCUT2D eigenvalue weighted by atomic mass is 9.99. The predicted molar refractivity (Wildman–Crippen MR) is 158 cm³/mol. The van der Waals surface area contributed by atoms with Crippen LogP contribution in [-0.4, -0.2) is 61.3 Å². The molecule has 212 valence electrons. The van der Waals surface area contributed by atoms with Gasteiger partial charge >= 0.3 is 0 Å². The lowest BCUT2D eigenvalue weighted by Crippen LogP contribution is -2.42. The summed E-state index contributed by atoms with van der Waals surface area (Å²) in [7, 11) is 3.21. The Morgan fingerprint density at radius 1 is 1.05 bits per heavy atom. The predicted octanol–water partition coefficient (Wildman–Crippen LogP) is 5.01. The molecule has 8 nitrogen and oxygen atoms in total. The van der Waals surface area contributed by atoms with Crippen LogP contribution in [0.25, 0.3) is 16.9 Å². The van der Waals surface area contributed by atoms with Gasteiger partial charge < -0.3 is 14.8 Å². The summed E-state index contributed by atoms with van der Waals surface area (Å²) in [6.07, 6.45) is 0.659. The molecule has 0 aliphatic carbocycles. The number of anilines is 1. The normalized spacial score (nSPS) is 14.9. The van der Waals surface area contributed by atoms with Gasteiger partial charge in [-0.05, 0) is 48.4 Å². The minimum Gasteiger partial charge on any atom is -0.497 e. The molecule has 0 spiro atoms. The van der Waals surface area contributed by atoms with Crippen molar-refractivity contribution in [2.75, 3.05) is 44.6 Å². The molecule has 0 saturated carbocycles. The summed E-state index contributed by atoms with van der Waals surface area (Å²) in [6.45, 7) is 0.779. The van der Waals surface area contributed by atoms with Crippen molar-refractivity contribution in [3.63, 3.8) is 0 Å². The van der Waals surface area contributed by atoms with Crippen LogP contribution < -0.4 is 15.0 Å². The Morgan fingerprint density at radius 3 is 2.46 bits per heavy atom. The molecule has 5 rings (SSSR count). The van der Waals surface area contributed by atoms with Crippen molar-refractivity contribution in [2.24, 2.45) is 0 Å². The zero-order valence-electron chi connectivity index (χ0n) is 22.9. The van der Waals surface area contributed by atoms with Gasteiger partial charge in [-0.25, -0.2) is 9.07 Å². The smallest absolute Gasteiger partial charge is 0.240 e. The van der Waals surface area contributed by atoms with E-state index in [2.05, 4.69) is 5.32 Å². The molecule has 41 heavy (non-hydrogen) atoms. The van der Waals surface area contributed by atoms with Gasteiger partial charge in [0.15, 0.2) is 0 Å². The van der Waals surface area contributed by atoms with Gasteiger partial charge in [0.1, 0.15) is 23.9 Å². The number of ether oxygens (including phenoxy) is 2. The first kappa shape index (κ1) is 28.4. The third kappa shape index (κ3) is 6.28. The van der Waals surface area contributed by atoms with E-state index in [1.807, 2.05) is 54.6 Å². The lowest BCUT2D eigenvalue weighted by molar-refractivity contribution is -0.122. The molecular weight excluding hydrogens is 543 g/mol. The topological polar surface area (TPSA) is 85.7 Å². The molecule has 0 unspecified atom stereocenters. The molecule has 2 heterocycles. The quantitative estimate of drug-likeness (QED) is 0.268. The van der Waals surface area contributed by atoms with Crippen LogP contribution in [0.1, 0.15) is 22.8 Å². The van der Waals surface area contributed by atoms with Crippen LogP contribution in [0, 0.1) is 5.82 Å². The fourth-order valence-corrected chi connectivity index (χ4v) is 5.97. The molecule has 1 atom stereocenters. The van der Waals surface area contributed by atoms with Gasteiger partial charge in [0, 0.05) is 31.4 Å². The van der Waals surface area contributed by atoms with Crippen LogP contribution >= 0.6 is 11.8 Å². The van der Waals surface area contributed by atoms with Crippen LogP contribution in [0.15, 0.2) is 78.9 Å². The number of rotatable bonds is 10. The van der Waals surface area contributed by atoms with Crippen LogP contribution in [0.3, 0.4) is 0 Å². The van der Waals surface area contributed by atoms with Crippen LogP contribution in [-0.2, 0) is 14.3 Å². The molecule has 10 heteroatoms. The summed E-state index contributed by atoms with van der Waals surface area (Å²) in [6, 6.07) is 23.4. The van der Waals surface area contributed by atoms with E-state index in [9.17, 15) is 14.0 Å². The second-order valence-electron chi connectivity index (χ2n) is 9.48. The van der Waals surface area contributed by atoms with Crippen molar-refractivity contribution in [1.29, 1.82) is 0 Å². The number of nitrogens with one attached hydrogen (secondary N) is 1. The van der Waals surface area contributed by atoms with E-state index in [0.29, 0.717) is 42.5 Å². The van der Waals surface area contributed by atoms with Crippen molar-refractivity contribution < 1.29 is 23.5 Å². The molecule has 1 aromatic heterocycles. The highest BCUT2D eigenvalue weighted by Crippen LogP contribution is 2.48. The summed E-state index contributed by atoms with van der Waals surface area (Å²) in [4.78, 5) is 28.3. The molecule has 0 saturated heterocycles. The van der Waals surface area contributed by atoms with Gasteiger partial charge in [-0.3, -0.25) is 14.5 Å². The molecule has 1 aliphatic heterocycles. The molecule has 4 aromatic rings. The number of thioether (sulfide) groups is 1. The van der Waals surface area contributed by atoms with Crippen molar-refractivity contribution in [3.05, 3.63) is 95.8 Å². The number of amides is 2. The fraction of sp³-hybridized carbons (Fsp3) is 0.258. The highest BCUT2D eigenvalue weighted by Gasteiger charge is 2.37. The first-order chi connectivity index (χ1) is 20.0. The highest BCUT2D eigenvalue weighted by molar-refractivity contribution is 8.00. The maximum atomic E-state index is 13.9. The van der Waals surface area contributed by atoms with Gasteiger partial charge in [-0.2, -0.15) is 5.10 Å². The number of carbonyl (C=O) groups excluding carboxylic acids is 2. The second-order valence-corrected chi connectivity index (χ2v) is 10.6. The standard InChI is InChI=1S/C31H31FN4O4S/c1-39-18-6-17-33-26(37)19-35-27(38)20-41-30(22-9-11-23(32)12-10-22)28-29(21-7-4-3-5-8-21)34-36(31(28)35)24-13-15-25(40-2)16-14-24/h3-5,7-16,30H,6,17-20H2,1-2H3,(H,33,37)/t30-/m1/s1. The molecule has 0 bridgehead atoms. The molecule has 1 aliphatic rings. The third-order valence-electron chi connectivity index (χ3n) is 6.78. The summed E-state index contributed by atoms with van der Waals surface area (Å²) in [5.41, 5.74) is 3.86. The second kappa shape index (κ2) is 13.0. The summed E-state index contributed by atoms with van der Waals surface area (Å²) in [5.74, 6) is 0.470. The maximum absolute atomic E-state index is 13.9. The van der Waals surface area contributed by atoms with E-state index in [1.54, 1.807) is 31.0 Å². The van der Waals surface area contributed by atoms with Gasteiger partial charge in [-0.15, -0.1) is 11.8 Å². The van der Waals surface area contributed by atoms with Crippen molar-refractivity contribution >= 4 is 29.4 Å². The minimum atomic E-state index is -0.341. The van der Waals surface area contributed by atoms with E-state index < -0.39 is 0 Å². The Bertz CT molecular complexity index is 1490.